The number of sulfonamides is 1. The summed E-state index contributed by atoms with van der Waals surface area (Å²) in [6, 6.07) is 8.12. The fourth-order valence-electron chi connectivity index (χ4n) is 1.94. The number of benzene rings is 1. The predicted molar refractivity (Wildman–Crippen MR) is 88.5 cm³/mol. The van der Waals surface area contributed by atoms with Gasteiger partial charge in [-0.15, -0.1) is 11.3 Å². The van der Waals surface area contributed by atoms with E-state index >= 15 is 0 Å². The van der Waals surface area contributed by atoms with Gasteiger partial charge in [0.05, 0.1) is 11.4 Å². The van der Waals surface area contributed by atoms with E-state index in [1.807, 2.05) is 0 Å². The Bertz CT molecular complexity index is 872. The van der Waals surface area contributed by atoms with E-state index in [0.29, 0.717) is 21.3 Å². The van der Waals surface area contributed by atoms with Gasteiger partial charge in [-0.05, 0) is 35.7 Å². The van der Waals surface area contributed by atoms with Crippen LogP contribution < -0.4 is 9.73 Å². The lowest BCUT2D eigenvalue weighted by molar-refractivity contribution is 0.107. The molecule has 3 rings (SSSR count). The molecule has 0 fully saturated rings. The number of ketones is 1. The van der Waals surface area contributed by atoms with Crippen LogP contribution in [-0.4, -0.2) is 26.3 Å². The van der Waals surface area contributed by atoms with Gasteiger partial charge in [0.25, 0.3) is 10.0 Å². The lowest BCUT2D eigenvalue weighted by Crippen LogP contribution is -2.42. The monoisotopic (exact) mass is 355 g/mol. The molecule has 22 heavy (non-hydrogen) atoms. The van der Waals surface area contributed by atoms with Crippen LogP contribution in [0.15, 0.2) is 40.8 Å². The van der Waals surface area contributed by atoms with E-state index < -0.39 is 20.9 Å². The first-order valence-electron chi connectivity index (χ1n) is 6.11. The van der Waals surface area contributed by atoms with Crippen molar-refractivity contribution in [3.63, 3.8) is 0 Å². The Morgan fingerprint density at radius 2 is 1.91 bits per heavy atom. The van der Waals surface area contributed by atoms with Crippen molar-refractivity contribution < 1.29 is 13.2 Å². The quantitative estimate of drug-likeness (QED) is 0.840. The Labute approximate surface area is 136 Å². The Morgan fingerprint density at radius 3 is 2.59 bits per heavy atom. The van der Waals surface area contributed by atoms with Crippen molar-refractivity contribution in [2.24, 2.45) is 5.10 Å². The summed E-state index contributed by atoms with van der Waals surface area (Å²) in [5.41, 5.74) is 3.48. The predicted octanol–water partition coefficient (Wildman–Crippen LogP) is 2.79. The van der Waals surface area contributed by atoms with Crippen LogP contribution in [0.1, 0.15) is 9.67 Å². The smallest absolute Gasteiger partial charge is 0.285 e. The van der Waals surface area contributed by atoms with Crippen molar-refractivity contribution in [2.75, 3.05) is 16.8 Å². The molecule has 1 aliphatic rings. The van der Waals surface area contributed by atoms with Crippen molar-refractivity contribution in [1.29, 1.82) is 0 Å². The van der Waals surface area contributed by atoms with E-state index in [2.05, 4.69) is 10.5 Å². The zero-order valence-electron chi connectivity index (χ0n) is 11.3. The lowest BCUT2D eigenvalue weighted by atomic mass is 10.3. The molecule has 1 N–H and O–H groups in total. The van der Waals surface area contributed by atoms with Crippen molar-refractivity contribution in [2.45, 2.75) is 0 Å². The summed E-state index contributed by atoms with van der Waals surface area (Å²) < 4.78 is 25.8. The summed E-state index contributed by atoms with van der Waals surface area (Å²) >= 11 is 6.96. The molecule has 0 spiro atoms. The number of fused-ring (bicyclic) bond motifs is 1. The SMILES string of the molecule is CN1c2ccsc2C(=O)C(=NNc2ccc(Cl)cc2)S1(=O)=O. The zero-order valence-corrected chi connectivity index (χ0v) is 13.7. The Hall–Kier alpha value is -1.90. The van der Waals surface area contributed by atoms with Crippen LogP contribution >= 0.6 is 22.9 Å². The van der Waals surface area contributed by atoms with Gasteiger partial charge in [0.15, 0.2) is 0 Å². The van der Waals surface area contributed by atoms with Crippen molar-refractivity contribution in [3.05, 3.63) is 45.6 Å². The van der Waals surface area contributed by atoms with E-state index in [1.54, 1.807) is 35.7 Å². The molecular weight excluding hydrogens is 346 g/mol. The van der Waals surface area contributed by atoms with Crippen molar-refractivity contribution in [3.8, 4) is 0 Å². The molecule has 0 radical (unpaired) electrons. The highest BCUT2D eigenvalue weighted by Gasteiger charge is 2.41. The molecule has 0 saturated carbocycles. The first kappa shape index (κ1) is 15.0. The maximum atomic E-state index is 12.4. The van der Waals surface area contributed by atoms with Gasteiger partial charge in [-0.25, -0.2) is 0 Å². The molecule has 0 amide bonds. The molecule has 2 aromatic rings. The fraction of sp³-hybridized carbons (Fsp3) is 0.0769. The van der Waals surface area contributed by atoms with Crippen LogP contribution in [0.25, 0.3) is 0 Å². The first-order valence-corrected chi connectivity index (χ1v) is 8.81. The minimum Gasteiger partial charge on any atom is -0.285 e. The third-order valence-corrected chi connectivity index (χ3v) is 5.96. The molecule has 0 unspecified atom stereocenters. The highest BCUT2D eigenvalue weighted by Crippen LogP contribution is 2.33. The molecule has 0 atom stereocenters. The van der Waals surface area contributed by atoms with Gasteiger partial charge in [0, 0.05) is 12.1 Å². The molecule has 0 bridgehead atoms. The van der Waals surface area contributed by atoms with Crippen LogP contribution in [-0.2, 0) is 10.0 Å². The number of halogens is 1. The number of anilines is 2. The average molecular weight is 356 g/mol. The molecule has 0 saturated heterocycles. The number of nitrogens with one attached hydrogen (secondary N) is 1. The third-order valence-electron chi connectivity index (χ3n) is 3.12. The van der Waals surface area contributed by atoms with E-state index in [1.165, 1.54) is 18.4 Å². The number of nitrogens with zero attached hydrogens (tertiary/aromatic N) is 2. The Morgan fingerprint density at radius 1 is 1.23 bits per heavy atom. The standard InChI is InChI=1S/C13H10ClN3O3S2/c1-17-10-6-7-21-12(10)11(18)13(22(17,19)20)16-15-9-4-2-8(14)3-5-9/h2-7,15H,1H3. The maximum absolute atomic E-state index is 12.4. The summed E-state index contributed by atoms with van der Waals surface area (Å²) in [5, 5.41) is 5.48. The molecule has 9 heteroatoms. The minimum atomic E-state index is -3.96. The van der Waals surface area contributed by atoms with Gasteiger partial charge < -0.3 is 0 Å². The molecular formula is C13H10ClN3O3S2. The first-order chi connectivity index (χ1) is 10.4. The highest BCUT2D eigenvalue weighted by molar-refractivity contribution is 8.09. The fourth-order valence-corrected chi connectivity index (χ4v) is 4.22. The number of hydrogen-bond donors (Lipinski definition) is 1. The van der Waals surface area contributed by atoms with Gasteiger partial charge in [-0.2, -0.15) is 13.5 Å². The third kappa shape index (κ3) is 2.39. The molecule has 1 aromatic carbocycles. The summed E-state index contributed by atoms with van der Waals surface area (Å²) in [7, 11) is -2.57. The van der Waals surface area contributed by atoms with Crippen LogP contribution in [0.4, 0.5) is 11.4 Å². The van der Waals surface area contributed by atoms with E-state index in [4.69, 9.17) is 11.6 Å². The minimum absolute atomic E-state index is 0.356. The molecule has 1 aromatic heterocycles. The van der Waals surface area contributed by atoms with Gasteiger partial charge in [0.2, 0.25) is 10.8 Å². The molecule has 1 aliphatic heterocycles. The molecule has 114 valence electrons. The number of Topliss-reactive ketones (excluding diaryl/α,β-unsaturated/α-hetero) is 1. The van der Waals surface area contributed by atoms with Crippen LogP contribution in [0.5, 0.6) is 0 Å². The number of carbonyl (C=O) groups is 1. The lowest BCUT2D eigenvalue weighted by Gasteiger charge is -2.24. The summed E-state index contributed by atoms with van der Waals surface area (Å²) in [6.45, 7) is 0. The summed E-state index contributed by atoms with van der Waals surface area (Å²) in [4.78, 5) is 12.7. The van der Waals surface area contributed by atoms with E-state index in [-0.39, 0.29) is 0 Å². The van der Waals surface area contributed by atoms with Crippen LogP contribution in [0, 0.1) is 0 Å². The largest absolute Gasteiger partial charge is 0.287 e. The molecule has 0 aliphatic carbocycles. The topological polar surface area (TPSA) is 78.8 Å². The molecule has 6 nitrogen and oxygen atoms in total. The van der Waals surface area contributed by atoms with Gasteiger partial charge in [-0.1, -0.05) is 11.6 Å². The van der Waals surface area contributed by atoms with Crippen molar-refractivity contribution >= 4 is 55.2 Å². The second kappa shape index (κ2) is 5.38. The number of rotatable bonds is 2. The number of carbonyl (C=O) groups excluding carboxylic acids is 1. The normalized spacial score (nSPS) is 18.4. The Kier molecular flexibility index (Phi) is 3.67. The van der Waals surface area contributed by atoms with Crippen LogP contribution in [0.2, 0.25) is 5.02 Å². The zero-order chi connectivity index (χ0) is 15.9. The second-order valence-corrected chi connectivity index (χ2v) is 7.71. The average Bonchev–Trinajstić information content (AvgIpc) is 2.96. The molecule has 2 heterocycles. The van der Waals surface area contributed by atoms with Gasteiger partial charge in [-0.3, -0.25) is 14.5 Å². The number of hydrogen-bond acceptors (Lipinski definition) is 6. The highest BCUT2D eigenvalue weighted by atomic mass is 35.5. The van der Waals surface area contributed by atoms with Gasteiger partial charge in [0.1, 0.15) is 4.88 Å². The Balaban J connectivity index is 2.00. The van der Waals surface area contributed by atoms with E-state index in [9.17, 15) is 13.2 Å². The maximum Gasteiger partial charge on any atom is 0.287 e. The number of hydrazone groups is 1. The van der Waals surface area contributed by atoms with Gasteiger partial charge >= 0.3 is 0 Å². The number of thiophene rings is 1. The van der Waals surface area contributed by atoms with Crippen molar-refractivity contribution in [1.82, 2.24) is 0 Å². The second-order valence-electron chi connectivity index (χ2n) is 4.47. The van der Waals surface area contributed by atoms with E-state index in [0.717, 1.165) is 4.31 Å². The summed E-state index contributed by atoms with van der Waals surface area (Å²) in [5.74, 6) is -0.607. The summed E-state index contributed by atoms with van der Waals surface area (Å²) in [6.07, 6.45) is 0. The van der Waals surface area contributed by atoms with Crippen LogP contribution in [0.3, 0.4) is 0 Å².